The molecule has 0 amide bonds. The molecule has 3 N–H and O–H groups in total. The number of rotatable bonds is 7. The van der Waals surface area contributed by atoms with Gasteiger partial charge in [-0.25, -0.2) is 0 Å². The number of hydrogen-bond acceptors (Lipinski definition) is 2. The molecule has 1 aromatic rings. The van der Waals surface area contributed by atoms with Gasteiger partial charge < -0.3 is 15.8 Å². The van der Waals surface area contributed by atoms with Crippen molar-refractivity contribution < 1.29 is 4.74 Å². The van der Waals surface area contributed by atoms with Crippen LogP contribution in [0.3, 0.4) is 0 Å². The third-order valence-corrected chi connectivity index (χ3v) is 4.63. The van der Waals surface area contributed by atoms with Crippen LogP contribution in [0.2, 0.25) is 0 Å². The van der Waals surface area contributed by atoms with Gasteiger partial charge in [0.1, 0.15) is 5.75 Å². The predicted molar refractivity (Wildman–Crippen MR) is 92.5 cm³/mol. The number of benzene rings is 1. The van der Waals surface area contributed by atoms with Crippen LogP contribution in [-0.2, 0) is 5.41 Å². The third kappa shape index (κ3) is 4.15. The number of hydrogen-bond donors (Lipinski definition) is 2. The topological polar surface area (TPSA) is 59.6 Å². The van der Waals surface area contributed by atoms with Crippen LogP contribution in [0.15, 0.2) is 29.3 Å². The van der Waals surface area contributed by atoms with Gasteiger partial charge in [0.2, 0.25) is 0 Å². The first-order valence-electron chi connectivity index (χ1n) is 8.38. The average molecular weight is 303 g/mol. The van der Waals surface area contributed by atoms with Gasteiger partial charge in [-0.2, -0.15) is 0 Å². The fraction of sp³-hybridized carbons (Fsp3) is 0.611. The first-order chi connectivity index (χ1) is 10.7. The Hall–Kier alpha value is -1.71. The molecule has 0 aromatic heterocycles. The SMILES string of the molecule is CCCCNC(N)=NCC1(c2cccc(OC)c2)CCCC1. The molecule has 0 radical (unpaired) electrons. The van der Waals surface area contributed by atoms with Crippen LogP contribution < -0.4 is 15.8 Å². The van der Waals surface area contributed by atoms with Gasteiger partial charge in [0, 0.05) is 12.0 Å². The molecule has 1 aliphatic carbocycles. The number of guanidine groups is 1. The Morgan fingerprint density at radius 2 is 2.14 bits per heavy atom. The van der Waals surface area contributed by atoms with Gasteiger partial charge in [-0.05, 0) is 37.0 Å². The minimum atomic E-state index is 0.117. The van der Waals surface area contributed by atoms with E-state index in [1.54, 1.807) is 7.11 Å². The second kappa shape index (κ2) is 8.06. The highest BCUT2D eigenvalue weighted by Gasteiger charge is 2.35. The summed E-state index contributed by atoms with van der Waals surface area (Å²) in [5, 5.41) is 3.20. The summed E-state index contributed by atoms with van der Waals surface area (Å²) >= 11 is 0. The number of nitrogens with two attached hydrogens (primary N) is 1. The molecule has 4 heteroatoms. The molecule has 1 saturated carbocycles. The number of unbranched alkanes of at least 4 members (excludes halogenated alkanes) is 1. The summed E-state index contributed by atoms with van der Waals surface area (Å²) in [7, 11) is 1.72. The molecule has 0 atom stereocenters. The van der Waals surface area contributed by atoms with Crippen LogP contribution in [0.1, 0.15) is 51.0 Å². The normalized spacial score (nSPS) is 17.5. The summed E-state index contributed by atoms with van der Waals surface area (Å²) in [5.41, 5.74) is 7.44. The van der Waals surface area contributed by atoms with E-state index in [9.17, 15) is 0 Å². The molecule has 0 aliphatic heterocycles. The van der Waals surface area contributed by atoms with E-state index in [1.807, 2.05) is 6.07 Å². The van der Waals surface area contributed by atoms with Crippen LogP contribution in [0.5, 0.6) is 5.75 Å². The van der Waals surface area contributed by atoms with Crippen LogP contribution in [0.4, 0.5) is 0 Å². The molecular formula is C18H29N3O. The summed E-state index contributed by atoms with van der Waals surface area (Å²) < 4.78 is 5.38. The van der Waals surface area contributed by atoms with Crippen molar-refractivity contribution in [2.75, 3.05) is 20.2 Å². The predicted octanol–water partition coefficient (Wildman–Crippen LogP) is 3.21. The summed E-state index contributed by atoms with van der Waals surface area (Å²) in [5.74, 6) is 1.49. The van der Waals surface area contributed by atoms with Crippen molar-refractivity contribution >= 4 is 5.96 Å². The lowest BCUT2D eigenvalue weighted by molar-refractivity contribution is 0.408. The number of nitrogens with zero attached hydrogens (tertiary/aromatic N) is 1. The highest BCUT2D eigenvalue weighted by molar-refractivity contribution is 5.77. The van der Waals surface area contributed by atoms with Crippen molar-refractivity contribution in [1.29, 1.82) is 0 Å². The maximum absolute atomic E-state index is 6.00. The Morgan fingerprint density at radius 3 is 2.82 bits per heavy atom. The zero-order valence-electron chi connectivity index (χ0n) is 13.9. The maximum Gasteiger partial charge on any atom is 0.188 e. The molecule has 0 spiro atoms. The minimum absolute atomic E-state index is 0.117. The lowest BCUT2D eigenvalue weighted by Crippen LogP contribution is -2.35. The van der Waals surface area contributed by atoms with Crippen molar-refractivity contribution in [2.45, 2.75) is 50.9 Å². The largest absolute Gasteiger partial charge is 0.497 e. The monoisotopic (exact) mass is 303 g/mol. The molecule has 1 fully saturated rings. The second-order valence-electron chi connectivity index (χ2n) is 6.20. The minimum Gasteiger partial charge on any atom is -0.497 e. The smallest absolute Gasteiger partial charge is 0.188 e. The highest BCUT2D eigenvalue weighted by atomic mass is 16.5. The van der Waals surface area contributed by atoms with Gasteiger partial charge in [0.05, 0.1) is 13.7 Å². The Labute approximate surface area is 134 Å². The molecule has 1 aliphatic rings. The first kappa shape index (κ1) is 16.7. The van der Waals surface area contributed by atoms with E-state index in [0.29, 0.717) is 5.96 Å². The van der Waals surface area contributed by atoms with Gasteiger partial charge in [-0.15, -0.1) is 0 Å². The molecule has 2 rings (SSSR count). The fourth-order valence-electron chi connectivity index (χ4n) is 3.23. The van der Waals surface area contributed by atoms with E-state index in [0.717, 1.165) is 31.7 Å². The zero-order valence-corrected chi connectivity index (χ0v) is 13.9. The Balaban J connectivity index is 2.09. The molecule has 0 bridgehead atoms. The summed E-state index contributed by atoms with van der Waals surface area (Å²) in [6, 6.07) is 8.42. The zero-order chi connectivity index (χ0) is 15.8. The summed E-state index contributed by atoms with van der Waals surface area (Å²) in [4.78, 5) is 4.62. The van der Waals surface area contributed by atoms with Crippen molar-refractivity contribution in [2.24, 2.45) is 10.7 Å². The van der Waals surface area contributed by atoms with E-state index < -0.39 is 0 Å². The van der Waals surface area contributed by atoms with Crippen molar-refractivity contribution in [3.63, 3.8) is 0 Å². The van der Waals surface area contributed by atoms with E-state index in [4.69, 9.17) is 10.5 Å². The Morgan fingerprint density at radius 1 is 1.36 bits per heavy atom. The highest BCUT2D eigenvalue weighted by Crippen LogP contribution is 2.42. The third-order valence-electron chi connectivity index (χ3n) is 4.63. The van der Waals surface area contributed by atoms with Crippen LogP contribution >= 0.6 is 0 Å². The van der Waals surface area contributed by atoms with Crippen LogP contribution in [0.25, 0.3) is 0 Å². The summed E-state index contributed by atoms with van der Waals surface area (Å²) in [6.07, 6.45) is 7.15. The first-order valence-corrected chi connectivity index (χ1v) is 8.38. The molecule has 0 saturated heterocycles. The molecular weight excluding hydrogens is 274 g/mol. The van der Waals surface area contributed by atoms with Crippen LogP contribution in [-0.4, -0.2) is 26.2 Å². The second-order valence-corrected chi connectivity index (χ2v) is 6.20. The fourth-order valence-corrected chi connectivity index (χ4v) is 3.23. The molecule has 0 unspecified atom stereocenters. The standard InChI is InChI=1S/C18H29N3O/c1-3-4-12-20-17(19)21-14-18(10-5-6-11-18)15-8-7-9-16(13-15)22-2/h7-9,13H,3-6,10-12,14H2,1-2H3,(H3,19,20,21). The van der Waals surface area contributed by atoms with E-state index in [2.05, 4.69) is 35.4 Å². The van der Waals surface area contributed by atoms with Gasteiger partial charge in [-0.3, -0.25) is 4.99 Å². The van der Waals surface area contributed by atoms with Crippen LogP contribution in [0, 0.1) is 0 Å². The van der Waals surface area contributed by atoms with Gasteiger partial charge in [-0.1, -0.05) is 38.3 Å². The lowest BCUT2D eigenvalue weighted by Gasteiger charge is -2.28. The average Bonchev–Trinajstić information content (AvgIpc) is 3.03. The maximum atomic E-state index is 6.00. The van der Waals surface area contributed by atoms with Gasteiger partial charge in [0.25, 0.3) is 0 Å². The Bertz CT molecular complexity index is 493. The van der Waals surface area contributed by atoms with Crippen molar-refractivity contribution in [3.8, 4) is 5.75 Å². The number of aliphatic imine (C=N–C) groups is 1. The summed E-state index contributed by atoms with van der Waals surface area (Å²) in [6.45, 7) is 3.83. The van der Waals surface area contributed by atoms with Gasteiger partial charge in [0.15, 0.2) is 5.96 Å². The van der Waals surface area contributed by atoms with E-state index in [1.165, 1.54) is 31.2 Å². The van der Waals surface area contributed by atoms with Crippen molar-refractivity contribution in [3.05, 3.63) is 29.8 Å². The number of ether oxygens (including phenoxy) is 1. The molecule has 22 heavy (non-hydrogen) atoms. The van der Waals surface area contributed by atoms with Gasteiger partial charge >= 0.3 is 0 Å². The molecule has 122 valence electrons. The Kier molecular flexibility index (Phi) is 6.10. The lowest BCUT2D eigenvalue weighted by atomic mass is 9.79. The van der Waals surface area contributed by atoms with E-state index in [-0.39, 0.29) is 5.41 Å². The molecule has 0 heterocycles. The van der Waals surface area contributed by atoms with E-state index >= 15 is 0 Å². The quantitative estimate of drug-likeness (QED) is 0.462. The number of nitrogens with one attached hydrogen (secondary N) is 1. The molecule has 1 aromatic carbocycles. The number of methoxy groups -OCH3 is 1. The van der Waals surface area contributed by atoms with Crippen molar-refractivity contribution in [1.82, 2.24) is 5.32 Å². The molecule has 4 nitrogen and oxygen atoms in total.